The van der Waals surface area contributed by atoms with Crippen molar-refractivity contribution in [2.45, 2.75) is 57.0 Å². The highest BCUT2D eigenvalue weighted by atomic mass is 16.2. The Bertz CT molecular complexity index is 373. The lowest BCUT2D eigenvalue weighted by Gasteiger charge is -2.31. The van der Waals surface area contributed by atoms with Crippen LogP contribution in [0.4, 0.5) is 0 Å². The number of nitriles is 1. The van der Waals surface area contributed by atoms with E-state index in [1.165, 1.54) is 19.3 Å². The summed E-state index contributed by atoms with van der Waals surface area (Å²) >= 11 is 0. The smallest absolute Gasteiger partial charge is 0.265 e. The van der Waals surface area contributed by atoms with Gasteiger partial charge in [0.25, 0.3) is 5.91 Å². The minimum Gasteiger partial charge on any atom is -0.387 e. The standard InChI is InChI=1S/C14H21N3O/c1-17(13-5-3-2-4-6-13)14(18)11(9-15)10-16-12-7-8-12/h10,12-13,16H,2-8H2,1H3/b11-10-. The predicted molar refractivity (Wildman–Crippen MR) is 69.5 cm³/mol. The van der Waals surface area contributed by atoms with Crippen LogP contribution in [0, 0.1) is 11.3 Å². The summed E-state index contributed by atoms with van der Waals surface area (Å²) in [6.45, 7) is 0. The van der Waals surface area contributed by atoms with Crippen molar-refractivity contribution in [3.8, 4) is 6.07 Å². The maximum Gasteiger partial charge on any atom is 0.265 e. The molecule has 0 unspecified atom stereocenters. The quantitative estimate of drug-likeness (QED) is 0.610. The van der Waals surface area contributed by atoms with Crippen LogP contribution in [0.3, 0.4) is 0 Å². The maximum atomic E-state index is 12.2. The number of amides is 1. The first-order valence-corrected chi connectivity index (χ1v) is 6.86. The van der Waals surface area contributed by atoms with E-state index in [9.17, 15) is 4.79 Å². The number of carbonyl (C=O) groups excluding carboxylic acids is 1. The van der Waals surface area contributed by atoms with Gasteiger partial charge >= 0.3 is 0 Å². The molecule has 0 aromatic rings. The van der Waals surface area contributed by atoms with E-state index >= 15 is 0 Å². The van der Waals surface area contributed by atoms with Gasteiger partial charge in [-0.05, 0) is 25.7 Å². The van der Waals surface area contributed by atoms with Crippen LogP contribution in [0.25, 0.3) is 0 Å². The summed E-state index contributed by atoms with van der Waals surface area (Å²) in [5, 5.41) is 12.2. The van der Waals surface area contributed by atoms with Gasteiger partial charge < -0.3 is 10.2 Å². The van der Waals surface area contributed by atoms with E-state index in [2.05, 4.69) is 5.32 Å². The molecule has 2 saturated carbocycles. The Morgan fingerprint density at radius 2 is 1.94 bits per heavy atom. The van der Waals surface area contributed by atoms with Gasteiger partial charge in [0.2, 0.25) is 0 Å². The molecule has 0 atom stereocenters. The third kappa shape index (κ3) is 3.25. The second-order valence-corrected chi connectivity index (χ2v) is 5.32. The average Bonchev–Trinajstić information content (AvgIpc) is 3.23. The second-order valence-electron chi connectivity index (χ2n) is 5.32. The van der Waals surface area contributed by atoms with E-state index in [1.807, 2.05) is 13.1 Å². The molecule has 2 aliphatic carbocycles. The van der Waals surface area contributed by atoms with Crippen LogP contribution in [0.5, 0.6) is 0 Å². The molecule has 0 spiro atoms. The fourth-order valence-corrected chi connectivity index (χ4v) is 2.42. The lowest BCUT2D eigenvalue weighted by Crippen LogP contribution is -2.39. The van der Waals surface area contributed by atoms with Crippen LogP contribution >= 0.6 is 0 Å². The molecule has 0 radical (unpaired) electrons. The second kappa shape index (κ2) is 5.90. The van der Waals surface area contributed by atoms with Gasteiger partial charge in [0.15, 0.2) is 0 Å². The molecule has 18 heavy (non-hydrogen) atoms. The summed E-state index contributed by atoms with van der Waals surface area (Å²) in [4.78, 5) is 14.0. The Hall–Kier alpha value is -1.50. The van der Waals surface area contributed by atoms with E-state index in [1.54, 1.807) is 11.1 Å². The van der Waals surface area contributed by atoms with Crippen molar-refractivity contribution in [1.82, 2.24) is 10.2 Å². The molecule has 0 bridgehead atoms. The maximum absolute atomic E-state index is 12.2. The SMILES string of the molecule is CN(C(=O)/C(C#N)=C\NC1CC1)C1CCCCC1. The van der Waals surface area contributed by atoms with Crippen LogP contribution in [0.1, 0.15) is 44.9 Å². The van der Waals surface area contributed by atoms with Crippen molar-refractivity contribution in [2.75, 3.05) is 7.05 Å². The number of likely N-dealkylation sites (N-methyl/N-ethyl adjacent to an activating group) is 1. The molecule has 1 N–H and O–H groups in total. The molecule has 0 heterocycles. The van der Waals surface area contributed by atoms with Crippen LogP contribution in [-0.4, -0.2) is 29.9 Å². The predicted octanol–water partition coefficient (Wildman–Crippen LogP) is 1.94. The van der Waals surface area contributed by atoms with Gasteiger partial charge in [-0.25, -0.2) is 0 Å². The summed E-state index contributed by atoms with van der Waals surface area (Å²) in [5.74, 6) is -0.141. The topological polar surface area (TPSA) is 56.1 Å². The van der Waals surface area contributed by atoms with Crippen molar-refractivity contribution >= 4 is 5.91 Å². The van der Waals surface area contributed by atoms with Crippen molar-refractivity contribution in [3.05, 3.63) is 11.8 Å². The highest BCUT2D eigenvalue weighted by Gasteiger charge is 2.25. The van der Waals surface area contributed by atoms with Crippen LogP contribution in [0.15, 0.2) is 11.8 Å². The minimum absolute atomic E-state index is 0.141. The summed E-state index contributed by atoms with van der Waals surface area (Å²) in [6, 6.07) is 2.79. The first kappa shape index (κ1) is 12.9. The number of carbonyl (C=O) groups is 1. The molecule has 2 rings (SSSR count). The summed E-state index contributed by atoms with van der Waals surface area (Å²) in [7, 11) is 1.82. The summed E-state index contributed by atoms with van der Waals surface area (Å²) in [6.07, 6.45) is 9.65. The minimum atomic E-state index is -0.141. The zero-order valence-electron chi connectivity index (χ0n) is 11.0. The zero-order chi connectivity index (χ0) is 13.0. The lowest BCUT2D eigenvalue weighted by atomic mass is 9.94. The molecule has 1 amide bonds. The number of nitrogens with one attached hydrogen (secondary N) is 1. The molecular weight excluding hydrogens is 226 g/mol. The van der Waals surface area contributed by atoms with Gasteiger partial charge in [0.05, 0.1) is 0 Å². The Morgan fingerprint density at radius 1 is 1.28 bits per heavy atom. The first-order valence-electron chi connectivity index (χ1n) is 6.86. The van der Waals surface area contributed by atoms with Gasteiger partial charge in [0, 0.05) is 25.3 Å². The van der Waals surface area contributed by atoms with Crippen LogP contribution < -0.4 is 5.32 Å². The van der Waals surface area contributed by atoms with Gasteiger partial charge in [-0.15, -0.1) is 0 Å². The lowest BCUT2D eigenvalue weighted by molar-refractivity contribution is -0.128. The summed E-state index contributed by atoms with van der Waals surface area (Å²) < 4.78 is 0. The number of hydrogen-bond acceptors (Lipinski definition) is 3. The monoisotopic (exact) mass is 247 g/mol. The average molecular weight is 247 g/mol. The third-order valence-electron chi connectivity index (χ3n) is 3.83. The van der Waals surface area contributed by atoms with Crippen molar-refractivity contribution in [3.63, 3.8) is 0 Å². The zero-order valence-corrected chi connectivity index (χ0v) is 11.0. The molecular formula is C14H21N3O. The Labute approximate surface area is 109 Å². The number of hydrogen-bond donors (Lipinski definition) is 1. The van der Waals surface area contributed by atoms with Gasteiger partial charge in [-0.1, -0.05) is 19.3 Å². The fourth-order valence-electron chi connectivity index (χ4n) is 2.42. The molecule has 2 aliphatic rings. The van der Waals surface area contributed by atoms with Crippen molar-refractivity contribution in [1.29, 1.82) is 5.26 Å². The third-order valence-corrected chi connectivity index (χ3v) is 3.83. The molecule has 0 aromatic carbocycles. The van der Waals surface area contributed by atoms with E-state index in [0.717, 1.165) is 25.7 Å². The highest BCUT2D eigenvalue weighted by Crippen LogP contribution is 2.23. The number of rotatable bonds is 4. The van der Waals surface area contributed by atoms with E-state index in [-0.39, 0.29) is 11.5 Å². The molecule has 4 heteroatoms. The molecule has 98 valence electrons. The van der Waals surface area contributed by atoms with Crippen molar-refractivity contribution in [2.24, 2.45) is 0 Å². The van der Waals surface area contributed by atoms with Gasteiger partial charge in [-0.3, -0.25) is 4.79 Å². The largest absolute Gasteiger partial charge is 0.387 e. The normalized spacial score (nSPS) is 21.2. The van der Waals surface area contributed by atoms with E-state index < -0.39 is 0 Å². The Kier molecular flexibility index (Phi) is 4.24. The van der Waals surface area contributed by atoms with Gasteiger partial charge in [0.1, 0.15) is 11.6 Å². The van der Waals surface area contributed by atoms with Crippen molar-refractivity contribution < 1.29 is 4.79 Å². The van der Waals surface area contributed by atoms with Crippen LogP contribution in [0.2, 0.25) is 0 Å². The number of nitrogens with zero attached hydrogens (tertiary/aromatic N) is 2. The molecule has 2 fully saturated rings. The van der Waals surface area contributed by atoms with E-state index in [0.29, 0.717) is 12.1 Å². The molecule has 0 aliphatic heterocycles. The molecule has 0 saturated heterocycles. The van der Waals surface area contributed by atoms with Crippen LogP contribution in [-0.2, 0) is 4.79 Å². The fraction of sp³-hybridized carbons (Fsp3) is 0.714. The molecule has 4 nitrogen and oxygen atoms in total. The Balaban J connectivity index is 1.94. The highest BCUT2D eigenvalue weighted by molar-refractivity contribution is 5.97. The summed E-state index contributed by atoms with van der Waals surface area (Å²) in [5.41, 5.74) is 0.231. The van der Waals surface area contributed by atoms with Gasteiger partial charge in [-0.2, -0.15) is 5.26 Å². The molecule has 0 aromatic heterocycles. The Morgan fingerprint density at radius 3 is 2.50 bits per heavy atom. The van der Waals surface area contributed by atoms with E-state index in [4.69, 9.17) is 5.26 Å². The first-order chi connectivity index (χ1) is 8.72.